The number of esters is 1. The number of anilines is 1. The number of benzene rings is 1. The molecule has 2 aromatic rings. The Morgan fingerprint density at radius 2 is 2.24 bits per heavy atom. The summed E-state index contributed by atoms with van der Waals surface area (Å²) in [4.78, 5) is 19.6. The molecule has 1 aromatic heterocycles. The Kier molecular flexibility index (Phi) is 3.23. The Balaban J connectivity index is 2.58. The minimum atomic E-state index is -0.313. The fraction of sp³-hybridized carbons (Fsp3) is 0.182. The van der Waals surface area contributed by atoms with Gasteiger partial charge in [0.25, 0.3) is 0 Å². The smallest absolute Gasteiger partial charge is 0.310 e. The summed E-state index contributed by atoms with van der Waals surface area (Å²) in [5.74, 6) is 0.395. The van der Waals surface area contributed by atoms with Crippen LogP contribution in [0.15, 0.2) is 22.8 Å². The summed E-state index contributed by atoms with van der Waals surface area (Å²) in [6.07, 6.45) is 1.73. The Morgan fingerprint density at radius 3 is 2.94 bits per heavy atom. The topological polar surface area (TPSA) is 78.1 Å². The van der Waals surface area contributed by atoms with Crippen molar-refractivity contribution in [2.45, 2.75) is 13.3 Å². The molecule has 88 valence electrons. The number of nitrogen functional groups attached to an aromatic ring is 1. The first-order chi connectivity index (χ1) is 8.11. The minimum Gasteiger partial charge on any atom is -0.424 e. The van der Waals surface area contributed by atoms with Gasteiger partial charge < -0.3 is 10.5 Å². The molecule has 6 heteroatoms. The van der Waals surface area contributed by atoms with E-state index in [4.69, 9.17) is 10.5 Å². The number of nitrogens with two attached hydrogens (primary N) is 1. The molecule has 2 N–H and O–H groups in total. The number of nitrogens with zero attached hydrogens (tertiary/aromatic N) is 2. The summed E-state index contributed by atoms with van der Waals surface area (Å²) in [5.41, 5.74) is 6.65. The van der Waals surface area contributed by atoms with Gasteiger partial charge in [-0.05, 0) is 28.1 Å². The van der Waals surface area contributed by atoms with Crippen LogP contribution in [-0.4, -0.2) is 15.9 Å². The highest BCUT2D eigenvalue weighted by atomic mass is 79.9. The van der Waals surface area contributed by atoms with Crippen molar-refractivity contribution in [3.63, 3.8) is 0 Å². The Morgan fingerprint density at radius 1 is 1.47 bits per heavy atom. The van der Waals surface area contributed by atoms with Gasteiger partial charge in [0.05, 0.1) is 6.20 Å². The molecule has 0 saturated heterocycles. The lowest BCUT2D eigenvalue weighted by molar-refractivity contribution is -0.133. The number of aromatic nitrogens is 2. The number of rotatable bonds is 2. The summed E-state index contributed by atoms with van der Waals surface area (Å²) in [7, 11) is 0. The predicted octanol–water partition coefficient (Wildman–Crippen LogP) is 2.29. The van der Waals surface area contributed by atoms with Crippen molar-refractivity contribution < 1.29 is 9.53 Å². The maximum Gasteiger partial charge on any atom is 0.310 e. The lowest BCUT2D eigenvalue weighted by atomic mass is 10.3. The zero-order chi connectivity index (χ0) is 12.4. The maximum atomic E-state index is 11.3. The number of halogens is 1. The Labute approximate surface area is 106 Å². The van der Waals surface area contributed by atoms with Gasteiger partial charge in [0.1, 0.15) is 16.9 Å². The SMILES string of the molecule is CCC(=O)Oc1ccc(Br)c2nc(N)cnc12. The first kappa shape index (κ1) is 11.8. The van der Waals surface area contributed by atoms with Gasteiger partial charge in [-0.15, -0.1) is 0 Å². The largest absolute Gasteiger partial charge is 0.424 e. The van der Waals surface area contributed by atoms with Gasteiger partial charge in [0.15, 0.2) is 5.75 Å². The van der Waals surface area contributed by atoms with Crippen LogP contribution in [0.5, 0.6) is 5.75 Å². The van der Waals surface area contributed by atoms with Gasteiger partial charge in [-0.25, -0.2) is 9.97 Å². The second-order valence-electron chi connectivity index (χ2n) is 3.37. The standard InChI is InChI=1S/C11H10BrN3O2/c1-2-9(16)17-7-4-3-6(12)10-11(7)14-5-8(13)15-10/h3-5H,2H2,1H3,(H2,13,15). The Hall–Kier alpha value is -1.69. The van der Waals surface area contributed by atoms with Crippen LogP contribution < -0.4 is 10.5 Å². The fourth-order valence-corrected chi connectivity index (χ4v) is 1.74. The van der Waals surface area contributed by atoms with Crippen molar-refractivity contribution in [3.05, 3.63) is 22.8 Å². The number of hydrogen-bond acceptors (Lipinski definition) is 5. The van der Waals surface area contributed by atoms with E-state index in [1.165, 1.54) is 6.20 Å². The van der Waals surface area contributed by atoms with Crippen LogP contribution in [0.25, 0.3) is 11.0 Å². The normalized spacial score (nSPS) is 10.5. The number of fused-ring (bicyclic) bond motifs is 1. The minimum absolute atomic E-state index is 0.306. The third-order valence-corrected chi connectivity index (χ3v) is 2.78. The summed E-state index contributed by atoms with van der Waals surface area (Å²) < 4.78 is 5.92. The molecule has 0 aliphatic carbocycles. The quantitative estimate of drug-likeness (QED) is 0.679. The molecule has 0 atom stereocenters. The molecule has 5 nitrogen and oxygen atoms in total. The lowest BCUT2D eigenvalue weighted by Crippen LogP contribution is -2.06. The van der Waals surface area contributed by atoms with Crippen LogP contribution in [0.1, 0.15) is 13.3 Å². The Bertz CT molecular complexity index is 586. The zero-order valence-electron chi connectivity index (χ0n) is 9.11. The molecule has 0 saturated carbocycles. The molecule has 0 radical (unpaired) electrons. The van der Waals surface area contributed by atoms with Crippen molar-refractivity contribution in [1.82, 2.24) is 9.97 Å². The monoisotopic (exact) mass is 295 g/mol. The van der Waals surface area contributed by atoms with Crippen molar-refractivity contribution in [3.8, 4) is 5.75 Å². The molecule has 0 aliphatic rings. The summed E-state index contributed by atoms with van der Waals surface area (Å²) in [6, 6.07) is 3.42. The zero-order valence-corrected chi connectivity index (χ0v) is 10.7. The van der Waals surface area contributed by atoms with Gasteiger partial charge in [-0.1, -0.05) is 6.92 Å². The van der Waals surface area contributed by atoms with Crippen LogP contribution in [0.3, 0.4) is 0 Å². The van der Waals surface area contributed by atoms with Gasteiger partial charge in [-0.3, -0.25) is 4.79 Å². The second kappa shape index (κ2) is 4.67. The fourth-order valence-electron chi connectivity index (χ4n) is 1.33. The van der Waals surface area contributed by atoms with Crippen LogP contribution in [0.2, 0.25) is 0 Å². The first-order valence-corrected chi connectivity index (χ1v) is 5.82. The molecule has 1 aromatic carbocycles. The lowest BCUT2D eigenvalue weighted by Gasteiger charge is -2.07. The van der Waals surface area contributed by atoms with Gasteiger partial charge in [0.2, 0.25) is 0 Å². The summed E-state index contributed by atoms with van der Waals surface area (Å²) >= 11 is 3.35. The molecule has 17 heavy (non-hydrogen) atoms. The summed E-state index contributed by atoms with van der Waals surface area (Å²) in [5, 5.41) is 0. The molecule has 0 aliphatic heterocycles. The molecular formula is C11H10BrN3O2. The number of carbonyl (C=O) groups is 1. The van der Waals surface area contributed by atoms with Crippen molar-refractivity contribution in [2.75, 3.05) is 5.73 Å². The summed E-state index contributed by atoms with van der Waals surface area (Å²) in [6.45, 7) is 1.73. The van der Waals surface area contributed by atoms with E-state index in [-0.39, 0.29) is 5.97 Å². The van der Waals surface area contributed by atoms with E-state index in [1.807, 2.05) is 0 Å². The molecule has 0 fully saturated rings. The van der Waals surface area contributed by atoms with Gasteiger partial charge >= 0.3 is 5.97 Å². The third-order valence-electron chi connectivity index (χ3n) is 2.14. The second-order valence-corrected chi connectivity index (χ2v) is 4.22. The average molecular weight is 296 g/mol. The van der Waals surface area contributed by atoms with Crippen molar-refractivity contribution in [1.29, 1.82) is 0 Å². The molecule has 0 amide bonds. The van der Waals surface area contributed by atoms with Crippen molar-refractivity contribution in [2.24, 2.45) is 0 Å². The number of ether oxygens (including phenoxy) is 1. The molecule has 0 unspecified atom stereocenters. The van der Waals surface area contributed by atoms with E-state index in [0.717, 1.165) is 4.47 Å². The molecular weight excluding hydrogens is 286 g/mol. The van der Waals surface area contributed by atoms with Crippen LogP contribution in [0, 0.1) is 0 Å². The number of hydrogen-bond donors (Lipinski definition) is 1. The molecule has 1 heterocycles. The third kappa shape index (κ3) is 2.36. The van der Waals surface area contributed by atoms with E-state index >= 15 is 0 Å². The highest BCUT2D eigenvalue weighted by Gasteiger charge is 2.11. The van der Waals surface area contributed by atoms with Crippen LogP contribution in [0.4, 0.5) is 5.82 Å². The van der Waals surface area contributed by atoms with Crippen molar-refractivity contribution >= 4 is 38.8 Å². The van der Waals surface area contributed by atoms with E-state index < -0.39 is 0 Å². The predicted molar refractivity (Wildman–Crippen MR) is 67.6 cm³/mol. The highest BCUT2D eigenvalue weighted by molar-refractivity contribution is 9.10. The van der Waals surface area contributed by atoms with Gasteiger partial charge in [-0.2, -0.15) is 0 Å². The van der Waals surface area contributed by atoms with E-state index in [0.29, 0.717) is 29.0 Å². The molecule has 0 spiro atoms. The van der Waals surface area contributed by atoms with Crippen LogP contribution in [-0.2, 0) is 4.79 Å². The van der Waals surface area contributed by atoms with E-state index in [9.17, 15) is 4.79 Å². The van der Waals surface area contributed by atoms with E-state index in [2.05, 4.69) is 25.9 Å². The molecule has 0 bridgehead atoms. The molecule has 2 rings (SSSR count). The first-order valence-electron chi connectivity index (χ1n) is 5.03. The highest BCUT2D eigenvalue weighted by Crippen LogP contribution is 2.29. The maximum absolute atomic E-state index is 11.3. The van der Waals surface area contributed by atoms with Gasteiger partial charge in [0, 0.05) is 10.9 Å². The van der Waals surface area contributed by atoms with Crippen LogP contribution >= 0.6 is 15.9 Å². The average Bonchev–Trinajstić information content (AvgIpc) is 2.33. The van der Waals surface area contributed by atoms with E-state index in [1.54, 1.807) is 19.1 Å². The number of carbonyl (C=O) groups excluding carboxylic acids is 1.